The molecule has 1 amide bonds. The van der Waals surface area contributed by atoms with Crippen molar-refractivity contribution < 1.29 is 4.79 Å². The van der Waals surface area contributed by atoms with Crippen LogP contribution in [0.25, 0.3) is 0 Å². The maximum Gasteiger partial charge on any atom is 0.254 e. The van der Waals surface area contributed by atoms with Crippen LogP contribution in [0.1, 0.15) is 62.2 Å². The number of nitrogens with two attached hydrogens (primary N) is 1. The summed E-state index contributed by atoms with van der Waals surface area (Å²) < 4.78 is 0. The zero-order valence-corrected chi connectivity index (χ0v) is 14.1. The number of nitrogen functional groups attached to an aromatic ring is 1. The average Bonchev–Trinajstić information content (AvgIpc) is 3.33. The van der Waals surface area contributed by atoms with Gasteiger partial charge >= 0.3 is 0 Å². The summed E-state index contributed by atoms with van der Waals surface area (Å²) in [5.41, 5.74) is 7.23. The van der Waals surface area contributed by atoms with E-state index in [4.69, 9.17) is 5.73 Å². The molecule has 122 valence electrons. The van der Waals surface area contributed by atoms with Gasteiger partial charge in [0.25, 0.3) is 5.91 Å². The molecular weight excluding hydrogens is 296 g/mol. The number of hydrogen-bond donors (Lipinski definition) is 1. The number of halogens is 1. The minimum Gasteiger partial charge on any atom is -0.399 e. The number of carbonyl (C=O) groups is 1. The van der Waals surface area contributed by atoms with Crippen LogP contribution < -0.4 is 5.73 Å². The fourth-order valence-corrected chi connectivity index (χ4v) is 3.59. The van der Waals surface area contributed by atoms with Crippen molar-refractivity contribution in [3.8, 4) is 0 Å². The molecule has 0 spiro atoms. The molecule has 1 aromatic carbocycles. The Labute approximate surface area is 139 Å². The quantitative estimate of drug-likeness (QED) is 0.842. The molecule has 2 N–H and O–H groups in total. The zero-order valence-electron chi connectivity index (χ0n) is 13.3. The third-order valence-electron chi connectivity index (χ3n) is 5.12. The first-order chi connectivity index (χ1) is 10.2. The summed E-state index contributed by atoms with van der Waals surface area (Å²) in [6, 6.07) is 8.32. The number of amides is 1. The molecule has 0 aromatic heterocycles. The van der Waals surface area contributed by atoms with Crippen molar-refractivity contribution in [1.82, 2.24) is 4.90 Å². The lowest BCUT2D eigenvalue weighted by Gasteiger charge is -2.37. The number of rotatable bonds is 4. The molecular formula is C18H27ClN2O. The van der Waals surface area contributed by atoms with Crippen LogP contribution in [0, 0.1) is 5.92 Å². The summed E-state index contributed by atoms with van der Waals surface area (Å²) in [7, 11) is 0. The largest absolute Gasteiger partial charge is 0.399 e. The Hall–Kier alpha value is -1.22. The van der Waals surface area contributed by atoms with E-state index < -0.39 is 0 Å². The molecule has 3 nitrogen and oxygen atoms in total. The van der Waals surface area contributed by atoms with Crippen molar-refractivity contribution in [2.24, 2.45) is 5.92 Å². The van der Waals surface area contributed by atoms with Gasteiger partial charge in [0, 0.05) is 23.3 Å². The second kappa shape index (κ2) is 7.36. The van der Waals surface area contributed by atoms with Gasteiger partial charge in [-0.1, -0.05) is 13.3 Å². The molecule has 4 heteroatoms. The van der Waals surface area contributed by atoms with E-state index in [0.29, 0.717) is 17.8 Å². The minimum atomic E-state index is 0. The summed E-state index contributed by atoms with van der Waals surface area (Å²) >= 11 is 0. The lowest BCUT2D eigenvalue weighted by Crippen LogP contribution is -2.43. The molecule has 0 bridgehead atoms. The Morgan fingerprint density at radius 1 is 1.05 bits per heavy atom. The molecule has 2 fully saturated rings. The monoisotopic (exact) mass is 322 g/mol. The first-order valence-corrected chi connectivity index (χ1v) is 8.37. The topological polar surface area (TPSA) is 46.3 Å². The van der Waals surface area contributed by atoms with Gasteiger partial charge in [0.05, 0.1) is 0 Å². The predicted molar refractivity (Wildman–Crippen MR) is 93.3 cm³/mol. The van der Waals surface area contributed by atoms with E-state index in [-0.39, 0.29) is 18.3 Å². The molecule has 2 aliphatic rings. The Kier molecular flexibility index (Phi) is 5.74. The maximum absolute atomic E-state index is 12.9. The predicted octanol–water partition coefficient (Wildman–Crippen LogP) is 4.26. The van der Waals surface area contributed by atoms with Crippen LogP contribution in [-0.2, 0) is 0 Å². The Morgan fingerprint density at radius 3 is 2.00 bits per heavy atom. The highest BCUT2D eigenvalue weighted by molar-refractivity contribution is 5.95. The van der Waals surface area contributed by atoms with Crippen LogP contribution in [0.2, 0.25) is 0 Å². The molecule has 3 rings (SSSR count). The van der Waals surface area contributed by atoms with Crippen molar-refractivity contribution in [3.63, 3.8) is 0 Å². The number of nitrogens with zero attached hydrogens (tertiary/aromatic N) is 1. The molecule has 0 unspecified atom stereocenters. The summed E-state index contributed by atoms with van der Waals surface area (Å²) in [5, 5.41) is 0. The molecule has 0 radical (unpaired) electrons. The fraction of sp³-hybridized carbons (Fsp3) is 0.611. The molecule has 0 aliphatic heterocycles. The van der Waals surface area contributed by atoms with Crippen molar-refractivity contribution >= 4 is 24.0 Å². The van der Waals surface area contributed by atoms with Gasteiger partial charge in [-0.3, -0.25) is 4.79 Å². The minimum absolute atomic E-state index is 0. The van der Waals surface area contributed by atoms with Gasteiger partial charge in [0.2, 0.25) is 0 Å². The highest BCUT2D eigenvalue weighted by Crippen LogP contribution is 2.37. The number of carbonyl (C=O) groups excluding carboxylic acids is 1. The van der Waals surface area contributed by atoms with E-state index in [2.05, 4.69) is 11.8 Å². The highest BCUT2D eigenvalue weighted by atomic mass is 35.5. The molecule has 2 saturated carbocycles. The standard InChI is InChI=1S/C18H26N2O.ClH/c1-2-13-3-9-16(10-4-13)20(17-11-12-17)18(21)14-5-7-15(19)8-6-14;/h5-8,13,16-17H,2-4,9-12,19H2,1H3;1H. The number of hydrogen-bond acceptors (Lipinski definition) is 2. The van der Waals surface area contributed by atoms with Crippen LogP contribution in [0.3, 0.4) is 0 Å². The second-order valence-electron chi connectivity index (χ2n) is 6.65. The van der Waals surface area contributed by atoms with Gasteiger partial charge in [0.1, 0.15) is 0 Å². The first-order valence-electron chi connectivity index (χ1n) is 8.37. The maximum atomic E-state index is 12.9. The van der Waals surface area contributed by atoms with E-state index in [9.17, 15) is 4.79 Å². The average molecular weight is 323 g/mol. The van der Waals surface area contributed by atoms with Crippen LogP contribution in [-0.4, -0.2) is 22.9 Å². The molecule has 0 saturated heterocycles. The lowest BCUT2D eigenvalue weighted by molar-refractivity contribution is 0.0587. The van der Waals surface area contributed by atoms with Gasteiger partial charge in [-0.15, -0.1) is 12.4 Å². The normalized spacial score (nSPS) is 24.4. The van der Waals surface area contributed by atoms with Crippen molar-refractivity contribution in [1.29, 1.82) is 0 Å². The van der Waals surface area contributed by atoms with Gasteiger partial charge in [-0.2, -0.15) is 0 Å². The molecule has 0 heterocycles. The molecule has 0 atom stereocenters. The first kappa shape index (κ1) is 17.1. The SMILES string of the molecule is CCC1CCC(N(C(=O)c2ccc(N)cc2)C2CC2)CC1.Cl. The van der Waals surface area contributed by atoms with E-state index in [0.717, 1.165) is 11.5 Å². The molecule has 1 aromatic rings. The zero-order chi connectivity index (χ0) is 14.8. The third kappa shape index (κ3) is 3.75. The van der Waals surface area contributed by atoms with Crippen molar-refractivity contribution in [3.05, 3.63) is 29.8 Å². The summed E-state index contributed by atoms with van der Waals surface area (Å²) in [5.74, 6) is 1.08. The second-order valence-corrected chi connectivity index (χ2v) is 6.65. The number of benzene rings is 1. The van der Waals surface area contributed by atoms with Crippen LogP contribution in [0.15, 0.2) is 24.3 Å². The van der Waals surface area contributed by atoms with E-state index >= 15 is 0 Å². The Balaban J connectivity index is 0.00000176. The number of anilines is 1. The Morgan fingerprint density at radius 2 is 1.55 bits per heavy atom. The summed E-state index contributed by atoms with van der Waals surface area (Å²) in [6.07, 6.45) is 8.54. The van der Waals surface area contributed by atoms with Crippen molar-refractivity contribution in [2.75, 3.05) is 5.73 Å². The molecule has 2 aliphatic carbocycles. The van der Waals surface area contributed by atoms with Gasteiger partial charge in [-0.05, 0) is 68.7 Å². The highest BCUT2D eigenvalue weighted by Gasteiger charge is 2.38. The van der Waals surface area contributed by atoms with Crippen LogP contribution in [0.5, 0.6) is 0 Å². The third-order valence-corrected chi connectivity index (χ3v) is 5.12. The van der Waals surface area contributed by atoms with Crippen LogP contribution in [0.4, 0.5) is 5.69 Å². The summed E-state index contributed by atoms with van der Waals surface area (Å²) in [4.78, 5) is 15.1. The smallest absolute Gasteiger partial charge is 0.254 e. The van der Waals surface area contributed by atoms with E-state index in [1.165, 1.54) is 44.9 Å². The Bertz CT molecular complexity index is 490. The van der Waals surface area contributed by atoms with Gasteiger partial charge in [-0.25, -0.2) is 0 Å². The molecule has 22 heavy (non-hydrogen) atoms. The van der Waals surface area contributed by atoms with Crippen LogP contribution >= 0.6 is 12.4 Å². The van der Waals surface area contributed by atoms with E-state index in [1.807, 2.05) is 24.3 Å². The fourth-order valence-electron chi connectivity index (χ4n) is 3.59. The van der Waals surface area contributed by atoms with Gasteiger partial charge in [0.15, 0.2) is 0 Å². The van der Waals surface area contributed by atoms with Crippen molar-refractivity contribution in [2.45, 2.75) is 64.0 Å². The summed E-state index contributed by atoms with van der Waals surface area (Å²) in [6.45, 7) is 2.28. The van der Waals surface area contributed by atoms with Gasteiger partial charge < -0.3 is 10.6 Å². The lowest BCUT2D eigenvalue weighted by atomic mass is 9.83. The van der Waals surface area contributed by atoms with E-state index in [1.54, 1.807) is 0 Å².